The van der Waals surface area contributed by atoms with Crippen LogP contribution in [0.3, 0.4) is 0 Å². The number of carbonyl (C=O) groups is 1. The Bertz CT molecular complexity index is 970. The second-order valence-electron chi connectivity index (χ2n) is 6.57. The molecular formula is C20H19FN6O2. The van der Waals surface area contributed by atoms with Gasteiger partial charge < -0.3 is 9.64 Å². The highest BCUT2D eigenvalue weighted by atomic mass is 19.1. The number of ether oxygens (including phenoxy) is 1. The number of nitrogens with one attached hydrogen (secondary N) is 1. The minimum atomic E-state index is -0.344. The number of benzene rings is 1. The van der Waals surface area contributed by atoms with Gasteiger partial charge in [-0.15, -0.1) is 0 Å². The molecule has 2 aromatic heterocycles. The zero-order chi connectivity index (χ0) is 20.1. The summed E-state index contributed by atoms with van der Waals surface area (Å²) in [4.78, 5) is 31.1. The van der Waals surface area contributed by atoms with Gasteiger partial charge in [-0.1, -0.05) is 0 Å². The van der Waals surface area contributed by atoms with E-state index < -0.39 is 0 Å². The van der Waals surface area contributed by atoms with Crippen molar-refractivity contribution in [2.24, 2.45) is 0 Å². The molecule has 1 atom stereocenters. The van der Waals surface area contributed by atoms with Crippen molar-refractivity contribution in [1.29, 1.82) is 0 Å². The van der Waals surface area contributed by atoms with E-state index in [0.717, 1.165) is 12.1 Å². The quantitative estimate of drug-likeness (QED) is 0.687. The lowest BCUT2D eigenvalue weighted by molar-refractivity contribution is -0.132. The summed E-state index contributed by atoms with van der Waals surface area (Å²) in [5.74, 6) is 0.963. The first kappa shape index (κ1) is 18.7. The maximum absolute atomic E-state index is 12.9. The molecule has 0 saturated carbocycles. The molecule has 0 spiro atoms. The zero-order valence-electron chi connectivity index (χ0n) is 15.5. The lowest BCUT2D eigenvalue weighted by Gasteiger charge is -2.17. The van der Waals surface area contributed by atoms with Crippen LogP contribution in [0.1, 0.15) is 18.0 Å². The Morgan fingerprint density at radius 2 is 1.86 bits per heavy atom. The number of carbonyl (C=O) groups excluding carboxylic acids is 1. The normalized spacial score (nSPS) is 15.9. The van der Waals surface area contributed by atoms with E-state index in [2.05, 4.69) is 25.3 Å². The Labute approximate surface area is 166 Å². The number of amides is 1. The molecular weight excluding hydrogens is 375 g/mol. The summed E-state index contributed by atoms with van der Waals surface area (Å²) in [5, 5.41) is 2.97. The van der Waals surface area contributed by atoms with E-state index in [1.807, 2.05) is 6.07 Å². The Balaban J connectivity index is 1.33. The third-order valence-corrected chi connectivity index (χ3v) is 4.60. The van der Waals surface area contributed by atoms with Crippen LogP contribution < -0.4 is 10.1 Å². The second kappa shape index (κ2) is 8.59. The van der Waals surface area contributed by atoms with Crippen molar-refractivity contribution in [2.45, 2.75) is 12.3 Å². The highest BCUT2D eigenvalue weighted by Gasteiger charge is 2.28. The van der Waals surface area contributed by atoms with E-state index in [4.69, 9.17) is 4.74 Å². The average molecular weight is 394 g/mol. The lowest BCUT2D eigenvalue weighted by atomic mass is 10.1. The summed E-state index contributed by atoms with van der Waals surface area (Å²) < 4.78 is 18.4. The van der Waals surface area contributed by atoms with Crippen molar-refractivity contribution in [3.05, 3.63) is 66.5 Å². The lowest BCUT2D eigenvalue weighted by Crippen LogP contribution is -2.32. The summed E-state index contributed by atoms with van der Waals surface area (Å²) in [6.45, 7) is 1.11. The van der Waals surface area contributed by atoms with E-state index in [1.54, 1.807) is 29.6 Å². The summed E-state index contributed by atoms with van der Waals surface area (Å²) in [7, 11) is 0. The molecule has 1 amide bonds. The van der Waals surface area contributed by atoms with Gasteiger partial charge in [0, 0.05) is 37.6 Å². The molecule has 1 unspecified atom stereocenters. The molecule has 8 nitrogen and oxygen atoms in total. The molecule has 0 bridgehead atoms. The molecule has 0 radical (unpaired) electrons. The molecule has 1 aliphatic rings. The van der Waals surface area contributed by atoms with Gasteiger partial charge >= 0.3 is 0 Å². The van der Waals surface area contributed by atoms with Gasteiger partial charge in [0.25, 0.3) is 5.91 Å². The van der Waals surface area contributed by atoms with Crippen molar-refractivity contribution in [1.82, 2.24) is 24.8 Å². The highest BCUT2D eigenvalue weighted by Crippen LogP contribution is 2.26. The maximum Gasteiger partial charge on any atom is 0.260 e. The molecule has 1 saturated heterocycles. The predicted molar refractivity (Wildman–Crippen MR) is 103 cm³/mol. The molecule has 29 heavy (non-hydrogen) atoms. The number of halogens is 1. The van der Waals surface area contributed by atoms with Crippen LogP contribution in [0.5, 0.6) is 5.75 Å². The molecule has 4 rings (SSSR count). The summed E-state index contributed by atoms with van der Waals surface area (Å²) in [5.41, 5.74) is 0.855. The molecule has 1 aromatic carbocycles. The molecule has 9 heteroatoms. The third-order valence-electron chi connectivity index (χ3n) is 4.60. The minimum Gasteiger partial charge on any atom is -0.484 e. The first-order chi connectivity index (χ1) is 14.2. The second-order valence-corrected chi connectivity index (χ2v) is 6.57. The van der Waals surface area contributed by atoms with E-state index in [0.29, 0.717) is 30.7 Å². The Hall–Kier alpha value is -3.62. The SMILES string of the molecule is O=C(COc1ccc(F)cc1)N1CCC(c2ccnc(Nc3ncccn3)n2)C1. The van der Waals surface area contributed by atoms with Crippen LogP contribution in [0.4, 0.5) is 16.3 Å². The van der Waals surface area contributed by atoms with Crippen LogP contribution in [-0.2, 0) is 4.79 Å². The van der Waals surface area contributed by atoms with E-state index in [9.17, 15) is 9.18 Å². The summed E-state index contributed by atoms with van der Waals surface area (Å²) in [6, 6.07) is 9.18. The third kappa shape index (κ3) is 4.81. The van der Waals surface area contributed by atoms with Crippen LogP contribution in [0.15, 0.2) is 55.0 Å². The Kier molecular flexibility index (Phi) is 5.55. The number of nitrogens with zero attached hydrogens (tertiary/aromatic N) is 5. The highest BCUT2D eigenvalue weighted by molar-refractivity contribution is 5.78. The largest absolute Gasteiger partial charge is 0.484 e. The number of hydrogen-bond donors (Lipinski definition) is 1. The first-order valence-corrected chi connectivity index (χ1v) is 9.20. The average Bonchev–Trinajstić information content (AvgIpc) is 3.25. The number of hydrogen-bond acceptors (Lipinski definition) is 7. The molecule has 3 aromatic rings. The Morgan fingerprint density at radius 3 is 2.66 bits per heavy atom. The fourth-order valence-corrected chi connectivity index (χ4v) is 3.12. The molecule has 1 fully saturated rings. The fourth-order valence-electron chi connectivity index (χ4n) is 3.12. The van der Waals surface area contributed by atoms with Crippen molar-refractivity contribution in [3.63, 3.8) is 0 Å². The van der Waals surface area contributed by atoms with Gasteiger partial charge in [-0.25, -0.2) is 24.3 Å². The van der Waals surface area contributed by atoms with Crippen molar-refractivity contribution < 1.29 is 13.9 Å². The molecule has 148 valence electrons. The summed E-state index contributed by atoms with van der Waals surface area (Å²) >= 11 is 0. The topological polar surface area (TPSA) is 93.1 Å². The van der Waals surface area contributed by atoms with Gasteiger partial charge in [0.15, 0.2) is 6.61 Å². The maximum atomic E-state index is 12.9. The monoisotopic (exact) mass is 394 g/mol. The number of rotatable bonds is 6. The summed E-state index contributed by atoms with van der Waals surface area (Å²) in [6.07, 6.45) is 5.75. The van der Waals surface area contributed by atoms with Crippen LogP contribution in [0, 0.1) is 5.82 Å². The number of anilines is 2. The van der Waals surface area contributed by atoms with Gasteiger partial charge in [-0.2, -0.15) is 0 Å². The van der Waals surface area contributed by atoms with E-state index in [1.165, 1.54) is 24.3 Å². The van der Waals surface area contributed by atoms with Crippen LogP contribution >= 0.6 is 0 Å². The smallest absolute Gasteiger partial charge is 0.260 e. The van der Waals surface area contributed by atoms with Crippen molar-refractivity contribution in [3.8, 4) is 5.75 Å². The fraction of sp³-hybridized carbons (Fsp3) is 0.250. The predicted octanol–water partition coefficient (Wildman–Crippen LogP) is 2.54. The van der Waals surface area contributed by atoms with E-state index >= 15 is 0 Å². The molecule has 0 aliphatic carbocycles. The van der Waals surface area contributed by atoms with Gasteiger partial charge in [0.1, 0.15) is 11.6 Å². The number of likely N-dealkylation sites (tertiary alicyclic amines) is 1. The van der Waals surface area contributed by atoms with Gasteiger partial charge in [-0.05, 0) is 42.8 Å². The van der Waals surface area contributed by atoms with E-state index in [-0.39, 0.29) is 24.2 Å². The van der Waals surface area contributed by atoms with Crippen molar-refractivity contribution >= 4 is 17.8 Å². The van der Waals surface area contributed by atoms with Gasteiger partial charge in [0.05, 0.1) is 5.69 Å². The molecule has 1 aliphatic heterocycles. The minimum absolute atomic E-state index is 0.0831. The molecule has 3 heterocycles. The first-order valence-electron chi connectivity index (χ1n) is 9.20. The van der Waals surface area contributed by atoms with Gasteiger partial charge in [-0.3, -0.25) is 10.1 Å². The standard InChI is InChI=1S/C20H19FN6O2/c21-15-2-4-16(5-3-15)29-13-18(28)27-11-7-14(12-27)17-6-10-24-20(25-17)26-19-22-8-1-9-23-19/h1-6,8-10,14H,7,11-13H2,(H,22,23,24,25,26). The Morgan fingerprint density at radius 1 is 1.10 bits per heavy atom. The molecule has 1 N–H and O–H groups in total. The van der Waals surface area contributed by atoms with Gasteiger partial charge in [0.2, 0.25) is 11.9 Å². The zero-order valence-corrected chi connectivity index (χ0v) is 15.5. The van der Waals surface area contributed by atoms with Crippen LogP contribution in [0.2, 0.25) is 0 Å². The number of aromatic nitrogens is 4. The van der Waals surface area contributed by atoms with Crippen LogP contribution in [0.25, 0.3) is 0 Å². The van der Waals surface area contributed by atoms with Crippen molar-refractivity contribution in [2.75, 3.05) is 25.0 Å². The van der Waals surface area contributed by atoms with Crippen LogP contribution in [-0.4, -0.2) is 50.4 Å².